The first-order valence-electron chi connectivity index (χ1n) is 12.5. The van der Waals surface area contributed by atoms with Crippen LogP contribution < -0.4 is 4.74 Å². The molecule has 37 heavy (non-hydrogen) atoms. The van der Waals surface area contributed by atoms with Gasteiger partial charge in [-0.1, -0.05) is 0 Å². The van der Waals surface area contributed by atoms with Crippen LogP contribution >= 0.6 is 11.8 Å². The van der Waals surface area contributed by atoms with Crippen molar-refractivity contribution in [3.8, 4) is 5.75 Å². The zero-order chi connectivity index (χ0) is 26.6. The third-order valence-electron chi connectivity index (χ3n) is 7.47. The Morgan fingerprint density at radius 2 is 1.92 bits per heavy atom. The molecule has 1 aliphatic rings. The Labute approximate surface area is 219 Å². The number of methoxy groups -OCH3 is 1. The number of aliphatic hydroxyl groups is 2. The molecule has 1 atom stereocenters. The summed E-state index contributed by atoms with van der Waals surface area (Å²) in [5, 5.41) is 22.3. The molecule has 0 radical (unpaired) electrons. The maximum Gasteiger partial charge on any atom is 0.172 e. The molecule has 0 bridgehead atoms. The van der Waals surface area contributed by atoms with Crippen molar-refractivity contribution in [3.63, 3.8) is 0 Å². The molecule has 0 unspecified atom stereocenters. The summed E-state index contributed by atoms with van der Waals surface area (Å²) in [5.41, 5.74) is 2.27. The first-order chi connectivity index (χ1) is 17.7. The van der Waals surface area contributed by atoms with Gasteiger partial charge in [0.25, 0.3) is 0 Å². The van der Waals surface area contributed by atoms with Crippen molar-refractivity contribution in [2.24, 2.45) is 5.41 Å². The molecule has 1 saturated heterocycles. The minimum absolute atomic E-state index is 0.0234. The van der Waals surface area contributed by atoms with E-state index in [4.69, 9.17) is 4.74 Å². The van der Waals surface area contributed by atoms with Gasteiger partial charge in [-0.05, 0) is 86.5 Å². The van der Waals surface area contributed by atoms with Crippen molar-refractivity contribution >= 4 is 22.7 Å². The smallest absolute Gasteiger partial charge is 0.172 e. The number of piperidine rings is 1. The van der Waals surface area contributed by atoms with Gasteiger partial charge in [0.15, 0.2) is 11.6 Å². The fourth-order valence-electron chi connectivity index (χ4n) is 5.11. The van der Waals surface area contributed by atoms with E-state index >= 15 is 0 Å². The summed E-state index contributed by atoms with van der Waals surface area (Å²) >= 11 is 1.10. The predicted molar refractivity (Wildman–Crippen MR) is 139 cm³/mol. The summed E-state index contributed by atoms with van der Waals surface area (Å²) < 4.78 is 46.1. The van der Waals surface area contributed by atoms with Crippen LogP contribution in [0.3, 0.4) is 0 Å². The van der Waals surface area contributed by atoms with Gasteiger partial charge in [-0.25, -0.2) is 13.2 Å². The van der Waals surface area contributed by atoms with Gasteiger partial charge in [-0.2, -0.15) is 0 Å². The zero-order valence-corrected chi connectivity index (χ0v) is 22.0. The molecule has 0 aliphatic carbocycles. The molecule has 1 fully saturated rings. The lowest BCUT2D eigenvalue weighted by atomic mass is 9.74. The van der Waals surface area contributed by atoms with Gasteiger partial charge >= 0.3 is 0 Å². The lowest BCUT2D eigenvalue weighted by Gasteiger charge is -2.41. The zero-order valence-electron chi connectivity index (χ0n) is 21.1. The number of thioether (sulfide) groups is 1. The van der Waals surface area contributed by atoms with Crippen LogP contribution in [0.15, 0.2) is 41.4 Å². The van der Waals surface area contributed by atoms with Crippen molar-refractivity contribution in [1.29, 1.82) is 0 Å². The third-order valence-corrected chi connectivity index (χ3v) is 8.47. The van der Waals surface area contributed by atoms with Crippen LogP contribution in [0.2, 0.25) is 0 Å². The predicted octanol–water partition coefficient (Wildman–Crippen LogP) is 5.65. The molecule has 0 spiro atoms. The summed E-state index contributed by atoms with van der Waals surface area (Å²) in [6.45, 7) is 4.14. The average Bonchev–Trinajstić information content (AvgIpc) is 2.90. The maximum atomic E-state index is 13.9. The van der Waals surface area contributed by atoms with Gasteiger partial charge < -0.3 is 19.8 Å². The molecule has 3 aromatic rings. The molecular formula is C28H33F3N2O3S. The summed E-state index contributed by atoms with van der Waals surface area (Å²) in [4.78, 5) is 6.67. The number of halogens is 3. The van der Waals surface area contributed by atoms with E-state index in [2.05, 4.69) is 9.88 Å². The normalized spacial score (nSPS) is 16.7. The summed E-state index contributed by atoms with van der Waals surface area (Å²) in [5.74, 6) is -1.77. The van der Waals surface area contributed by atoms with Gasteiger partial charge in [0, 0.05) is 41.4 Å². The summed E-state index contributed by atoms with van der Waals surface area (Å²) in [7, 11) is 1.61. The standard InChI is InChI=1S/C28H33F3N2O3S/c1-18-16-32-23-4-3-20(36-2)15-21(23)26(18)24(35)5-6-28(17-34)7-9-33(10-8-28)11-12-37-25-14-19(29)13-22(30)27(25)31/h3-4,13-16,24,34-35H,5-12,17H2,1-2H3/t24-/m1/s1. The molecule has 2 heterocycles. The van der Waals surface area contributed by atoms with E-state index in [0.29, 0.717) is 37.0 Å². The minimum atomic E-state index is -1.18. The number of pyridine rings is 1. The number of aliphatic hydroxyl groups excluding tert-OH is 2. The second kappa shape index (κ2) is 12.0. The highest BCUT2D eigenvalue weighted by molar-refractivity contribution is 7.99. The molecule has 4 rings (SSSR count). The van der Waals surface area contributed by atoms with E-state index in [1.165, 1.54) is 0 Å². The molecule has 9 heteroatoms. The SMILES string of the molecule is COc1ccc2ncc(C)c([C@H](O)CCC3(CO)CCN(CCSc4cc(F)cc(F)c4F)CC3)c2c1. The maximum absolute atomic E-state index is 13.9. The quantitative estimate of drug-likeness (QED) is 0.259. The van der Waals surface area contributed by atoms with Crippen LogP contribution in [0, 0.1) is 29.8 Å². The molecule has 5 nitrogen and oxygen atoms in total. The van der Waals surface area contributed by atoms with E-state index < -0.39 is 23.6 Å². The molecule has 2 N–H and O–H groups in total. The number of fused-ring (bicyclic) bond motifs is 1. The molecule has 2 aromatic carbocycles. The van der Waals surface area contributed by atoms with Gasteiger partial charge in [0.1, 0.15) is 11.6 Å². The van der Waals surface area contributed by atoms with Gasteiger partial charge in [0.05, 0.1) is 18.7 Å². The topological polar surface area (TPSA) is 65.8 Å². The van der Waals surface area contributed by atoms with Crippen LogP contribution in [0.4, 0.5) is 13.2 Å². The number of rotatable bonds is 10. The van der Waals surface area contributed by atoms with Crippen LogP contribution in [0.5, 0.6) is 5.75 Å². The first kappa shape index (κ1) is 27.7. The number of likely N-dealkylation sites (tertiary alicyclic amines) is 1. The Balaban J connectivity index is 1.33. The van der Waals surface area contributed by atoms with Gasteiger partial charge in [0.2, 0.25) is 0 Å². The molecule has 0 saturated carbocycles. The largest absolute Gasteiger partial charge is 0.497 e. The van der Waals surface area contributed by atoms with E-state index in [1.54, 1.807) is 13.3 Å². The van der Waals surface area contributed by atoms with Gasteiger partial charge in [-0.3, -0.25) is 4.98 Å². The van der Waals surface area contributed by atoms with Crippen molar-refractivity contribution in [3.05, 3.63) is 65.1 Å². The lowest BCUT2D eigenvalue weighted by molar-refractivity contribution is 0.0254. The number of aryl methyl sites for hydroxylation is 1. The average molecular weight is 535 g/mol. The molecule has 0 amide bonds. The Hall–Kier alpha value is -2.33. The van der Waals surface area contributed by atoms with Crippen molar-refractivity contribution in [2.45, 2.75) is 43.6 Å². The summed E-state index contributed by atoms with van der Waals surface area (Å²) in [6.07, 6.45) is 3.81. The summed E-state index contributed by atoms with van der Waals surface area (Å²) in [6, 6.07) is 7.19. The second-order valence-corrected chi connectivity index (χ2v) is 11.0. The van der Waals surface area contributed by atoms with Crippen LogP contribution in [-0.2, 0) is 0 Å². The Kier molecular flexibility index (Phi) is 9.00. The Morgan fingerprint density at radius 3 is 2.62 bits per heavy atom. The number of benzene rings is 2. The van der Waals surface area contributed by atoms with Crippen LogP contribution in [0.1, 0.15) is 42.9 Å². The Morgan fingerprint density at radius 1 is 1.16 bits per heavy atom. The molecule has 1 aromatic heterocycles. The van der Waals surface area contributed by atoms with E-state index in [9.17, 15) is 23.4 Å². The highest BCUT2D eigenvalue weighted by Gasteiger charge is 2.34. The molecule has 1 aliphatic heterocycles. The van der Waals surface area contributed by atoms with E-state index in [1.807, 2.05) is 25.1 Å². The Bertz CT molecular complexity index is 1240. The number of hydrogen-bond donors (Lipinski definition) is 2. The van der Waals surface area contributed by atoms with Crippen molar-refractivity contribution < 1.29 is 28.1 Å². The van der Waals surface area contributed by atoms with Crippen LogP contribution in [0.25, 0.3) is 10.9 Å². The fraction of sp³-hybridized carbons (Fsp3) is 0.464. The van der Waals surface area contributed by atoms with Crippen molar-refractivity contribution in [2.75, 3.05) is 39.1 Å². The minimum Gasteiger partial charge on any atom is -0.497 e. The van der Waals surface area contributed by atoms with Gasteiger partial charge in [-0.15, -0.1) is 11.8 Å². The number of nitrogens with zero attached hydrogens (tertiary/aromatic N) is 2. The second-order valence-electron chi connectivity index (χ2n) is 9.84. The number of aromatic nitrogens is 1. The first-order valence-corrected chi connectivity index (χ1v) is 13.5. The van der Waals surface area contributed by atoms with Crippen LogP contribution in [-0.4, -0.2) is 59.2 Å². The third kappa shape index (κ3) is 6.39. The highest BCUT2D eigenvalue weighted by atomic mass is 32.2. The monoisotopic (exact) mass is 534 g/mol. The van der Waals surface area contributed by atoms with Crippen molar-refractivity contribution in [1.82, 2.24) is 9.88 Å². The van der Waals surface area contributed by atoms with E-state index in [-0.39, 0.29) is 16.9 Å². The fourth-order valence-corrected chi connectivity index (χ4v) is 6.10. The number of ether oxygens (including phenoxy) is 1. The number of hydrogen-bond acceptors (Lipinski definition) is 6. The van der Waals surface area contributed by atoms with E-state index in [0.717, 1.165) is 65.8 Å². The molecular weight excluding hydrogens is 501 g/mol. The molecule has 200 valence electrons. The lowest BCUT2D eigenvalue weighted by Crippen LogP contribution is -2.43. The highest BCUT2D eigenvalue weighted by Crippen LogP contribution is 2.40.